The number of hydrogen-bond donors (Lipinski definition) is 1. The molecule has 0 aromatic heterocycles. The number of benzene rings is 1. The highest BCUT2D eigenvalue weighted by molar-refractivity contribution is 7.89. The first-order chi connectivity index (χ1) is 14.4. The van der Waals surface area contributed by atoms with Gasteiger partial charge in [0.1, 0.15) is 0 Å². The molecule has 2 atom stereocenters. The molecule has 0 unspecified atom stereocenters. The molecule has 1 aromatic carbocycles. The zero-order valence-electron chi connectivity index (χ0n) is 17.8. The van der Waals surface area contributed by atoms with Gasteiger partial charge in [0.15, 0.2) is 0 Å². The number of allylic oxidation sites excluding steroid dienone is 1. The van der Waals surface area contributed by atoms with Crippen LogP contribution in [0, 0.1) is 5.92 Å². The van der Waals surface area contributed by atoms with Gasteiger partial charge in [-0.3, -0.25) is 4.79 Å². The van der Waals surface area contributed by atoms with Crippen molar-refractivity contribution in [2.75, 3.05) is 25.4 Å². The fourth-order valence-electron chi connectivity index (χ4n) is 5.68. The Bertz CT molecular complexity index is 913. The zero-order chi connectivity index (χ0) is 21.5. The predicted molar refractivity (Wildman–Crippen MR) is 117 cm³/mol. The van der Waals surface area contributed by atoms with Crippen LogP contribution in [0.25, 0.3) is 6.08 Å². The Morgan fingerprint density at radius 1 is 1.20 bits per heavy atom. The van der Waals surface area contributed by atoms with E-state index >= 15 is 0 Å². The van der Waals surface area contributed by atoms with Crippen molar-refractivity contribution in [3.8, 4) is 0 Å². The summed E-state index contributed by atoms with van der Waals surface area (Å²) in [6, 6.07) is 7.89. The molecule has 3 fully saturated rings. The number of nitrogens with zero attached hydrogens (tertiary/aromatic N) is 2. The van der Waals surface area contributed by atoms with Crippen molar-refractivity contribution in [1.82, 2.24) is 9.21 Å². The van der Waals surface area contributed by atoms with E-state index < -0.39 is 15.6 Å². The van der Waals surface area contributed by atoms with Crippen LogP contribution in [0.5, 0.6) is 0 Å². The number of amides is 1. The molecule has 1 spiro atoms. The fourth-order valence-corrected chi connectivity index (χ4v) is 6.88. The lowest BCUT2D eigenvalue weighted by molar-refractivity contribution is -0.192. The van der Waals surface area contributed by atoms with Gasteiger partial charge in [0, 0.05) is 24.9 Å². The molecule has 2 heterocycles. The van der Waals surface area contributed by atoms with E-state index in [2.05, 4.69) is 12.1 Å². The molecule has 1 N–H and O–H groups in total. The van der Waals surface area contributed by atoms with Crippen molar-refractivity contribution < 1.29 is 18.3 Å². The number of aliphatic hydroxyl groups excluding tert-OH is 1. The maximum Gasteiger partial charge on any atom is 0.226 e. The number of carbonyl (C=O) groups excluding carboxylic acids is 1. The van der Waals surface area contributed by atoms with E-state index in [9.17, 15) is 18.3 Å². The number of hydrogen-bond acceptors (Lipinski definition) is 4. The van der Waals surface area contributed by atoms with Crippen LogP contribution in [0.15, 0.2) is 30.3 Å². The lowest BCUT2D eigenvalue weighted by Gasteiger charge is -2.70. The van der Waals surface area contributed by atoms with Crippen molar-refractivity contribution in [2.24, 2.45) is 5.92 Å². The second-order valence-electron chi connectivity index (χ2n) is 8.86. The third kappa shape index (κ3) is 3.31. The summed E-state index contributed by atoms with van der Waals surface area (Å²) in [7, 11) is -3.30. The monoisotopic (exact) mass is 432 g/mol. The van der Waals surface area contributed by atoms with Crippen molar-refractivity contribution in [3.05, 3.63) is 41.5 Å². The van der Waals surface area contributed by atoms with E-state index in [-0.39, 0.29) is 36.1 Å². The van der Waals surface area contributed by atoms with Gasteiger partial charge in [-0.25, -0.2) is 8.42 Å². The SMILES string of the molecule is CC=Cc1ccc([C@@H]2[C@H](CO)N(C(=O)C3CCCC3)C23CN(S(=O)(=O)CC)C3)cc1. The summed E-state index contributed by atoms with van der Waals surface area (Å²) in [6.07, 6.45) is 7.92. The first kappa shape index (κ1) is 21.5. The summed E-state index contributed by atoms with van der Waals surface area (Å²) in [5, 5.41) is 10.2. The van der Waals surface area contributed by atoms with Gasteiger partial charge in [-0.15, -0.1) is 0 Å². The highest BCUT2D eigenvalue weighted by Crippen LogP contribution is 2.55. The molecule has 30 heavy (non-hydrogen) atoms. The largest absolute Gasteiger partial charge is 0.394 e. The van der Waals surface area contributed by atoms with E-state index in [1.54, 1.807) is 6.92 Å². The first-order valence-electron chi connectivity index (χ1n) is 11.0. The highest BCUT2D eigenvalue weighted by Gasteiger charge is 2.69. The molecule has 1 amide bonds. The Labute approximate surface area is 179 Å². The molecule has 4 rings (SSSR count). The normalized spacial score (nSPS) is 26.8. The van der Waals surface area contributed by atoms with E-state index in [1.165, 1.54) is 4.31 Å². The van der Waals surface area contributed by atoms with E-state index in [0.717, 1.165) is 36.8 Å². The maximum absolute atomic E-state index is 13.4. The predicted octanol–water partition coefficient (Wildman–Crippen LogP) is 2.60. The van der Waals surface area contributed by atoms with Gasteiger partial charge in [0.2, 0.25) is 15.9 Å². The Kier molecular flexibility index (Phi) is 5.81. The third-order valence-corrected chi connectivity index (χ3v) is 8.99. The van der Waals surface area contributed by atoms with Gasteiger partial charge in [-0.1, -0.05) is 49.3 Å². The minimum absolute atomic E-state index is 0.00535. The van der Waals surface area contributed by atoms with Crippen LogP contribution in [0.4, 0.5) is 0 Å². The van der Waals surface area contributed by atoms with Crippen LogP contribution in [0.2, 0.25) is 0 Å². The maximum atomic E-state index is 13.4. The van der Waals surface area contributed by atoms with Crippen molar-refractivity contribution in [3.63, 3.8) is 0 Å². The van der Waals surface area contributed by atoms with Crippen molar-refractivity contribution >= 4 is 22.0 Å². The molecule has 2 aliphatic heterocycles. The molecule has 1 aliphatic carbocycles. The molecular formula is C23H32N2O4S. The summed E-state index contributed by atoms with van der Waals surface area (Å²) in [5.41, 5.74) is 1.61. The summed E-state index contributed by atoms with van der Waals surface area (Å²) >= 11 is 0. The van der Waals surface area contributed by atoms with Crippen molar-refractivity contribution in [2.45, 2.75) is 57.0 Å². The average Bonchev–Trinajstić information content (AvgIpc) is 3.22. The van der Waals surface area contributed by atoms with Crippen molar-refractivity contribution in [1.29, 1.82) is 0 Å². The first-order valence-corrected chi connectivity index (χ1v) is 12.6. The zero-order valence-corrected chi connectivity index (χ0v) is 18.6. The highest BCUT2D eigenvalue weighted by atomic mass is 32.2. The molecule has 7 heteroatoms. The quantitative estimate of drug-likeness (QED) is 0.750. The second kappa shape index (κ2) is 8.09. The van der Waals surface area contributed by atoms with E-state index in [4.69, 9.17) is 0 Å². The van der Waals surface area contributed by atoms with Crippen LogP contribution < -0.4 is 0 Å². The van der Waals surface area contributed by atoms with Crippen LogP contribution >= 0.6 is 0 Å². The molecule has 0 radical (unpaired) electrons. The smallest absolute Gasteiger partial charge is 0.226 e. The molecular weight excluding hydrogens is 400 g/mol. The molecule has 0 bridgehead atoms. The minimum atomic E-state index is -3.30. The average molecular weight is 433 g/mol. The number of likely N-dealkylation sites (tertiary alicyclic amines) is 1. The van der Waals surface area contributed by atoms with Gasteiger partial charge in [0.05, 0.1) is 23.9 Å². The molecule has 1 saturated carbocycles. The van der Waals surface area contributed by atoms with Gasteiger partial charge in [-0.05, 0) is 37.8 Å². The van der Waals surface area contributed by atoms with Crippen LogP contribution in [0.1, 0.15) is 56.6 Å². The third-order valence-electron chi connectivity index (χ3n) is 7.22. The summed E-state index contributed by atoms with van der Waals surface area (Å²) in [5.74, 6) is 0.106. The fraction of sp³-hybridized carbons (Fsp3) is 0.609. The summed E-state index contributed by atoms with van der Waals surface area (Å²) in [4.78, 5) is 15.2. The number of carbonyl (C=O) groups is 1. The minimum Gasteiger partial charge on any atom is -0.394 e. The topological polar surface area (TPSA) is 77.9 Å². The lowest BCUT2D eigenvalue weighted by atomic mass is 9.61. The standard InChI is InChI=1S/C23H32N2O4S/c1-3-7-17-10-12-18(13-11-17)21-20(14-26)25(22(27)19-8-5-6-9-19)23(21)15-24(16-23)30(28,29)4-2/h3,7,10-13,19-21,26H,4-6,8-9,14-16H2,1-2H3/t20-,21+/m0/s1. The van der Waals surface area contributed by atoms with Crippen LogP contribution in [-0.4, -0.2) is 65.7 Å². The number of aliphatic hydroxyl groups is 1. The Hall–Kier alpha value is -1.70. The summed E-state index contributed by atoms with van der Waals surface area (Å²) in [6.45, 7) is 4.15. The number of rotatable bonds is 6. The van der Waals surface area contributed by atoms with Crippen LogP contribution in [0.3, 0.4) is 0 Å². The molecule has 2 saturated heterocycles. The lowest BCUT2D eigenvalue weighted by Crippen LogP contribution is -2.86. The summed E-state index contributed by atoms with van der Waals surface area (Å²) < 4.78 is 26.3. The molecule has 1 aromatic rings. The van der Waals surface area contributed by atoms with Gasteiger partial charge in [-0.2, -0.15) is 4.31 Å². The van der Waals surface area contributed by atoms with Gasteiger partial charge >= 0.3 is 0 Å². The van der Waals surface area contributed by atoms with Gasteiger partial charge < -0.3 is 10.0 Å². The van der Waals surface area contributed by atoms with E-state index in [1.807, 2.05) is 36.1 Å². The molecule has 164 valence electrons. The molecule has 3 aliphatic rings. The van der Waals surface area contributed by atoms with Gasteiger partial charge in [0.25, 0.3) is 0 Å². The molecule has 6 nitrogen and oxygen atoms in total. The van der Waals surface area contributed by atoms with E-state index in [0.29, 0.717) is 13.1 Å². The number of sulfonamides is 1. The van der Waals surface area contributed by atoms with Crippen LogP contribution in [-0.2, 0) is 14.8 Å². The Morgan fingerprint density at radius 2 is 1.83 bits per heavy atom. The Morgan fingerprint density at radius 3 is 2.37 bits per heavy atom. The Balaban J connectivity index is 1.66. The second-order valence-corrected chi connectivity index (χ2v) is 11.1.